The zero-order valence-corrected chi connectivity index (χ0v) is 12.0. The van der Waals surface area contributed by atoms with E-state index in [1.165, 1.54) is 12.8 Å². The second-order valence-corrected chi connectivity index (χ2v) is 5.32. The Labute approximate surface area is 115 Å². The van der Waals surface area contributed by atoms with Gasteiger partial charge in [-0.25, -0.2) is 0 Å². The van der Waals surface area contributed by atoms with Crippen LogP contribution in [0.2, 0.25) is 0 Å². The first kappa shape index (κ1) is 14.5. The van der Waals surface area contributed by atoms with E-state index < -0.39 is 0 Å². The van der Waals surface area contributed by atoms with Crippen LogP contribution in [0.1, 0.15) is 30.7 Å². The lowest BCUT2D eigenvalue weighted by Crippen LogP contribution is -2.29. The summed E-state index contributed by atoms with van der Waals surface area (Å²) in [5.41, 5.74) is 1.05. The number of nitrogens with zero attached hydrogens (tertiary/aromatic N) is 2. The number of nitrogens with one attached hydrogen (secondary N) is 1. The Morgan fingerprint density at radius 3 is 3.16 bits per heavy atom. The van der Waals surface area contributed by atoms with Crippen molar-refractivity contribution in [1.82, 2.24) is 15.4 Å². The maximum atomic E-state index is 5.64. The maximum absolute atomic E-state index is 5.64. The highest BCUT2D eigenvalue weighted by Crippen LogP contribution is 2.13. The van der Waals surface area contributed by atoms with E-state index in [0.717, 1.165) is 50.5 Å². The highest BCUT2D eigenvalue weighted by molar-refractivity contribution is 5.05. The first-order valence-electron chi connectivity index (χ1n) is 7.17. The molecule has 1 aliphatic rings. The summed E-state index contributed by atoms with van der Waals surface area (Å²) in [5, 5.41) is 7.13. The van der Waals surface area contributed by atoms with Crippen LogP contribution < -0.4 is 5.32 Å². The van der Waals surface area contributed by atoms with Crippen molar-refractivity contribution in [3.63, 3.8) is 0 Å². The SMILES string of the molecule is CNCc1cc(CCCN(C)CC2CCCO2)no1. The number of aromatic nitrogens is 1. The van der Waals surface area contributed by atoms with Crippen LogP contribution >= 0.6 is 0 Å². The highest BCUT2D eigenvalue weighted by Gasteiger charge is 2.17. The summed E-state index contributed by atoms with van der Waals surface area (Å²) >= 11 is 0. The average Bonchev–Trinajstić information content (AvgIpc) is 3.02. The van der Waals surface area contributed by atoms with E-state index in [1.54, 1.807) is 0 Å². The molecular formula is C14H25N3O2. The molecule has 0 radical (unpaired) electrons. The first-order chi connectivity index (χ1) is 9.28. The predicted octanol–water partition coefficient (Wildman–Crippen LogP) is 1.44. The molecule has 1 atom stereocenters. The number of likely N-dealkylation sites (N-methyl/N-ethyl adjacent to an activating group) is 1. The normalized spacial score (nSPS) is 19.4. The van der Waals surface area contributed by atoms with Gasteiger partial charge >= 0.3 is 0 Å². The fraction of sp³-hybridized carbons (Fsp3) is 0.786. The molecule has 0 saturated carbocycles. The van der Waals surface area contributed by atoms with Crippen LogP contribution in [0.15, 0.2) is 10.6 Å². The summed E-state index contributed by atoms with van der Waals surface area (Å²) in [7, 11) is 4.07. The number of rotatable bonds is 8. The number of aryl methyl sites for hydroxylation is 1. The molecule has 2 heterocycles. The van der Waals surface area contributed by atoms with Crippen molar-refractivity contribution in [3.05, 3.63) is 17.5 Å². The number of hydrogen-bond donors (Lipinski definition) is 1. The van der Waals surface area contributed by atoms with Gasteiger partial charge in [0.1, 0.15) is 0 Å². The van der Waals surface area contributed by atoms with E-state index in [0.29, 0.717) is 6.10 Å². The van der Waals surface area contributed by atoms with Crippen LogP contribution in [0.3, 0.4) is 0 Å². The second-order valence-electron chi connectivity index (χ2n) is 5.32. The van der Waals surface area contributed by atoms with Gasteiger partial charge in [0.2, 0.25) is 0 Å². The standard InChI is InChI=1S/C14H25N3O2/c1-15-10-14-9-12(16-19-14)5-3-7-17(2)11-13-6-4-8-18-13/h9,13,15H,3-8,10-11H2,1-2H3. The second kappa shape index (κ2) is 7.62. The summed E-state index contributed by atoms with van der Waals surface area (Å²) in [6, 6.07) is 2.04. The van der Waals surface area contributed by atoms with Gasteiger partial charge in [-0.15, -0.1) is 0 Å². The van der Waals surface area contributed by atoms with E-state index in [-0.39, 0.29) is 0 Å². The lowest BCUT2D eigenvalue weighted by atomic mass is 10.2. The molecule has 1 unspecified atom stereocenters. The van der Waals surface area contributed by atoms with Crippen LogP contribution in [-0.2, 0) is 17.7 Å². The Morgan fingerprint density at radius 1 is 1.53 bits per heavy atom. The van der Waals surface area contributed by atoms with Crippen molar-refractivity contribution in [2.75, 3.05) is 33.8 Å². The van der Waals surface area contributed by atoms with Crippen LogP contribution in [-0.4, -0.2) is 50.0 Å². The Bertz CT molecular complexity index is 361. The molecule has 1 aliphatic heterocycles. The molecule has 0 amide bonds. The molecule has 1 aromatic heterocycles. The van der Waals surface area contributed by atoms with Crippen molar-refractivity contribution < 1.29 is 9.26 Å². The lowest BCUT2D eigenvalue weighted by Gasteiger charge is -2.19. The van der Waals surface area contributed by atoms with Crippen LogP contribution in [0.5, 0.6) is 0 Å². The molecule has 1 fully saturated rings. The number of hydrogen-bond acceptors (Lipinski definition) is 5. The zero-order chi connectivity index (χ0) is 13.5. The van der Waals surface area contributed by atoms with Gasteiger partial charge in [0.05, 0.1) is 18.3 Å². The van der Waals surface area contributed by atoms with E-state index in [4.69, 9.17) is 9.26 Å². The zero-order valence-electron chi connectivity index (χ0n) is 12.0. The summed E-state index contributed by atoms with van der Waals surface area (Å²) in [6.45, 7) is 3.80. The lowest BCUT2D eigenvalue weighted by molar-refractivity contribution is 0.0809. The maximum Gasteiger partial charge on any atom is 0.150 e. The minimum atomic E-state index is 0.444. The molecule has 2 rings (SSSR count). The van der Waals surface area contributed by atoms with Gasteiger partial charge in [0.15, 0.2) is 5.76 Å². The van der Waals surface area contributed by atoms with Gasteiger partial charge in [-0.1, -0.05) is 5.16 Å². The fourth-order valence-electron chi connectivity index (χ4n) is 2.49. The Kier molecular flexibility index (Phi) is 5.82. The van der Waals surface area contributed by atoms with Crippen LogP contribution in [0.4, 0.5) is 0 Å². The van der Waals surface area contributed by atoms with Gasteiger partial charge < -0.3 is 19.5 Å². The van der Waals surface area contributed by atoms with Gasteiger partial charge in [-0.3, -0.25) is 0 Å². The molecule has 0 bridgehead atoms. The molecule has 19 heavy (non-hydrogen) atoms. The van der Waals surface area contributed by atoms with Crippen molar-refractivity contribution in [1.29, 1.82) is 0 Å². The molecule has 5 nitrogen and oxygen atoms in total. The third kappa shape index (κ3) is 4.93. The minimum absolute atomic E-state index is 0.444. The van der Waals surface area contributed by atoms with Crippen molar-refractivity contribution in [3.8, 4) is 0 Å². The fourth-order valence-corrected chi connectivity index (χ4v) is 2.49. The van der Waals surface area contributed by atoms with Gasteiger partial charge in [0, 0.05) is 19.2 Å². The van der Waals surface area contributed by atoms with Gasteiger partial charge in [-0.05, 0) is 46.3 Å². The highest BCUT2D eigenvalue weighted by atomic mass is 16.5. The number of ether oxygens (including phenoxy) is 1. The molecule has 0 aliphatic carbocycles. The van der Waals surface area contributed by atoms with Crippen molar-refractivity contribution in [2.45, 2.75) is 38.3 Å². The Morgan fingerprint density at radius 2 is 2.42 bits per heavy atom. The third-order valence-corrected chi connectivity index (χ3v) is 3.47. The minimum Gasteiger partial charge on any atom is -0.377 e. The molecule has 5 heteroatoms. The summed E-state index contributed by atoms with van der Waals surface area (Å²) in [6.07, 6.45) is 4.95. The molecule has 0 spiro atoms. The summed E-state index contributed by atoms with van der Waals surface area (Å²) < 4.78 is 10.9. The average molecular weight is 267 g/mol. The smallest absolute Gasteiger partial charge is 0.150 e. The van der Waals surface area contributed by atoms with E-state index in [1.807, 2.05) is 13.1 Å². The summed E-state index contributed by atoms with van der Waals surface area (Å²) in [5.74, 6) is 0.908. The molecule has 1 saturated heterocycles. The van der Waals surface area contributed by atoms with Gasteiger partial charge in [-0.2, -0.15) is 0 Å². The molecule has 108 valence electrons. The predicted molar refractivity (Wildman–Crippen MR) is 74.1 cm³/mol. The quantitative estimate of drug-likeness (QED) is 0.772. The molecular weight excluding hydrogens is 242 g/mol. The van der Waals surface area contributed by atoms with E-state index in [9.17, 15) is 0 Å². The van der Waals surface area contributed by atoms with Crippen molar-refractivity contribution in [2.24, 2.45) is 0 Å². The van der Waals surface area contributed by atoms with Crippen molar-refractivity contribution >= 4 is 0 Å². The topological polar surface area (TPSA) is 50.5 Å². The third-order valence-electron chi connectivity index (χ3n) is 3.47. The largest absolute Gasteiger partial charge is 0.377 e. The summed E-state index contributed by atoms with van der Waals surface area (Å²) in [4.78, 5) is 2.35. The molecule has 0 aromatic carbocycles. The van der Waals surface area contributed by atoms with Crippen LogP contribution in [0, 0.1) is 0 Å². The molecule has 1 N–H and O–H groups in total. The Hall–Kier alpha value is -0.910. The van der Waals surface area contributed by atoms with Crippen LogP contribution in [0.25, 0.3) is 0 Å². The van der Waals surface area contributed by atoms with E-state index >= 15 is 0 Å². The van der Waals surface area contributed by atoms with Gasteiger partial charge in [0.25, 0.3) is 0 Å². The van der Waals surface area contributed by atoms with E-state index in [2.05, 4.69) is 22.4 Å². The Balaban J connectivity index is 1.61. The molecule has 1 aromatic rings. The monoisotopic (exact) mass is 267 g/mol. The first-order valence-corrected chi connectivity index (χ1v) is 7.17.